The summed E-state index contributed by atoms with van der Waals surface area (Å²) in [6, 6.07) is -0.146. The number of aromatic nitrogens is 2. The Morgan fingerprint density at radius 2 is 2.19 bits per heavy atom. The van der Waals surface area contributed by atoms with Crippen LogP contribution >= 0.6 is 15.9 Å². The molecule has 88 valence electrons. The third kappa shape index (κ3) is 2.00. The van der Waals surface area contributed by atoms with Crippen LogP contribution in [0, 0.1) is 13.8 Å². The van der Waals surface area contributed by atoms with Crippen molar-refractivity contribution < 1.29 is 4.79 Å². The minimum absolute atomic E-state index is 0.0931. The quantitative estimate of drug-likeness (QED) is 0.859. The molecule has 1 aromatic heterocycles. The summed E-state index contributed by atoms with van der Waals surface area (Å²) >= 11 is 3.49. The van der Waals surface area contributed by atoms with Gasteiger partial charge in [0, 0.05) is 6.54 Å². The van der Waals surface area contributed by atoms with Crippen molar-refractivity contribution in [2.24, 2.45) is 0 Å². The van der Waals surface area contributed by atoms with E-state index in [0.29, 0.717) is 0 Å². The Labute approximate surface area is 104 Å². The van der Waals surface area contributed by atoms with Crippen LogP contribution in [0.15, 0.2) is 4.47 Å². The first-order chi connectivity index (χ1) is 7.61. The zero-order valence-corrected chi connectivity index (χ0v) is 11.2. The highest BCUT2D eigenvalue weighted by molar-refractivity contribution is 9.10. The second kappa shape index (κ2) is 4.57. The van der Waals surface area contributed by atoms with Crippen molar-refractivity contribution in [3.8, 4) is 0 Å². The van der Waals surface area contributed by atoms with Gasteiger partial charge in [0.25, 0.3) is 0 Å². The number of hydrogen-bond donors (Lipinski definition) is 1. The SMILES string of the molecule is Cc1nn(C2CCCCNC2=O)c(C)c1Br. The van der Waals surface area contributed by atoms with Gasteiger partial charge in [-0.1, -0.05) is 0 Å². The van der Waals surface area contributed by atoms with Crippen LogP contribution in [0.2, 0.25) is 0 Å². The van der Waals surface area contributed by atoms with Gasteiger partial charge >= 0.3 is 0 Å². The summed E-state index contributed by atoms with van der Waals surface area (Å²) in [4.78, 5) is 11.9. The number of nitrogens with zero attached hydrogens (tertiary/aromatic N) is 2. The third-order valence-corrected chi connectivity index (χ3v) is 4.19. The summed E-state index contributed by atoms with van der Waals surface area (Å²) in [5.41, 5.74) is 1.97. The number of amides is 1. The van der Waals surface area contributed by atoms with Gasteiger partial charge in [0.1, 0.15) is 6.04 Å². The van der Waals surface area contributed by atoms with Crippen molar-refractivity contribution >= 4 is 21.8 Å². The number of carbonyl (C=O) groups is 1. The van der Waals surface area contributed by atoms with E-state index in [0.717, 1.165) is 41.7 Å². The molecule has 5 heteroatoms. The summed E-state index contributed by atoms with van der Waals surface area (Å²) in [5, 5.41) is 7.37. The van der Waals surface area contributed by atoms with Gasteiger partial charge in [-0.3, -0.25) is 9.48 Å². The van der Waals surface area contributed by atoms with Crippen molar-refractivity contribution in [1.82, 2.24) is 15.1 Å². The van der Waals surface area contributed by atoms with Crippen molar-refractivity contribution in [3.63, 3.8) is 0 Å². The average Bonchev–Trinajstić information content (AvgIpc) is 2.47. The number of nitrogens with one attached hydrogen (secondary N) is 1. The zero-order chi connectivity index (χ0) is 11.7. The van der Waals surface area contributed by atoms with E-state index in [1.807, 2.05) is 18.5 Å². The summed E-state index contributed by atoms with van der Waals surface area (Å²) in [7, 11) is 0. The minimum atomic E-state index is -0.146. The molecule has 1 aromatic rings. The monoisotopic (exact) mass is 285 g/mol. The number of hydrogen-bond acceptors (Lipinski definition) is 2. The van der Waals surface area contributed by atoms with Crippen LogP contribution < -0.4 is 5.32 Å². The normalized spacial score (nSPS) is 21.7. The van der Waals surface area contributed by atoms with E-state index in [9.17, 15) is 4.79 Å². The first kappa shape index (κ1) is 11.6. The van der Waals surface area contributed by atoms with Crippen LogP contribution in [-0.4, -0.2) is 22.2 Å². The van der Waals surface area contributed by atoms with Crippen molar-refractivity contribution in [3.05, 3.63) is 15.9 Å². The minimum Gasteiger partial charge on any atom is -0.354 e. The maximum atomic E-state index is 11.9. The van der Waals surface area contributed by atoms with E-state index in [4.69, 9.17) is 0 Å². The maximum Gasteiger partial charge on any atom is 0.244 e. The van der Waals surface area contributed by atoms with Gasteiger partial charge in [-0.15, -0.1) is 0 Å². The van der Waals surface area contributed by atoms with Gasteiger partial charge < -0.3 is 5.32 Å². The molecule has 1 N–H and O–H groups in total. The summed E-state index contributed by atoms with van der Waals surface area (Å²) in [6.07, 6.45) is 3.00. The molecule has 1 saturated heterocycles. The van der Waals surface area contributed by atoms with E-state index in [1.54, 1.807) is 0 Å². The van der Waals surface area contributed by atoms with Crippen molar-refractivity contribution in [2.45, 2.75) is 39.2 Å². The molecule has 1 aliphatic heterocycles. The van der Waals surface area contributed by atoms with Gasteiger partial charge in [0.05, 0.1) is 15.9 Å². The molecule has 0 aliphatic carbocycles. The zero-order valence-electron chi connectivity index (χ0n) is 9.59. The second-order valence-electron chi connectivity index (χ2n) is 4.23. The fourth-order valence-electron chi connectivity index (χ4n) is 2.10. The molecular formula is C11H16BrN3O. The highest BCUT2D eigenvalue weighted by atomic mass is 79.9. The topological polar surface area (TPSA) is 46.9 Å². The van der Waals surface area contributed by atoms with Gasteiger partial charge in [-0.25, -0.2) is 0 Å². The standard InChI is InChI=1S/C11H16BrN3O/c1-7-10(12)8(2)15(14-7)9-5-3-4-6-13-11(9)16/h9H,3-6H2,1-2H3,(H,13,16). The van der Waals surface area contributed by atoms with Crippen LogP contribution in [0.3, 0.4) is 0 Å². The molecule has 0 bridgehead atoms. The highest BCUT2D eigenvalue weighted by Gasteiger charge is 2.25. The molecule has 2 heterocycles. The molecule has 2 rings (SSSR count). The molecule has 1 amide bonds. The summed E-state index contributed by atoms with van der Waals surface area (Å²) < 4.78 is 2.85. The highest BCUT2D eigenvalue weighted by Crippen LogP contribution is 2.26. The first-order valence-corrected chi connectivity index (χ1v) is 6.39. The molecule has 16 heavy (non-hydrogen) atoms. The molecule has 0 aromatic carbocycles. The van der Waals surface area contributed by atoms with Crippen LogP contribution in [0.4, 0.5) is 0 Å². The van der Waals surface area contributed by atoms with Gasteiger partial charge in [-0.05, 0) is 49.0 Å². The van der Waals surface area contributed by atoms with Crippen LogP contribution in [0.1, 0.15) is 36.7 Å². The third-order valence-electron chi connectivity index (χ3n) is 3.04. The Hall–Kier alpha value is -0.840. The average molecular weight is 286 g/mol. The van der Waals surface area contributed by atoms with Crippen molar-refractivity contribution in [2.75, 3.05) is 6.54 Å². The Morgan fingerprint density at radius 3 is 2.81 bits per heavy atom. The lowest BCUT2D eigenvalue weighted by molar-refractivity contribution is -0.124. The Balaban J connectivity index is 2.34. The molecule has 1 aliphatic rings. The lowest BCUT2D eigenvalue weighted by Gasteiger charge is -2.15. The lowest BCUT2D eigenvalue weighted by Crippen LogP contribution is -2.31. The van der Waals surface area contributed by atoms with Gasteiger partial charge in [-0.2, -0.15) is 5.10 Å². The predicted octanol–water partition coefficient (Wildman–Crippen LogP) is 2.10. The Morgan fingerprint density at radius 1 is 1.44 bits per heavy atom. The number of halogens is 1. The summed E-state index contributed by atoms with van der Waals surface area (Å²) in [5.74, 6) is 0.0931. The van der Waals surface area contributed by atoms with Crippen LogP contribution in [-0.2, 0) is 4.79 Å². The van der Waals surface area contributed by atoms with E-state index in [1.165, 1.54) is 0 Å². The van der Waals surface area contributed by atoms with Gasteiger partial charge in [0.2, 0.25) is 5.91 Å². The van der Waals surface area contributed by atoms with E-state index in [-0.39, 0.29) is 11.9 Å². The fraction of sp³-hybridized carbons (Fsp3) is 0.636. The smallest absolute Gasteiger partial charge is 0.244 e. The van der Waals surface area contributed by atoms with E-state index in [2.05, 4.69) is 26.3 Å². The van der Waals surface area contributed by atoms with Crippen LogP contribution in [0.25, 0.3) is 0 Å². The molecule has 0 saturated carbocycles. The van der Waals surface area contributed by atoms with Crippen molar-refractivity contribution in [1.29, 1.82) is 0 Å². The Kier molecular flexibility index (Phi) is 3.33. The maximum absolute atomic E-state index is 11.9. The fourth-order valence-corrected chi connectivity index (χ4v) is 2.36. The molecule has 1 fully saturated rings. The second-order valence-corrected chi connectivity index (χ2v) is 5.02. The van der Waals surface area contributed by atoms with Gasteiger partial charge in [0.15, 0.2) is 0 Å². The predicted molar refractivity (Wildman–Crippen MR) is 65.3 cm³/mol. The largest absolute Gasteiger partial charge is 0.354 e. The number of rotatable bonds is 1. The molecule has 0 radical (unpaired) electrons. The molecule has 0 spiro atoms. The van der Waals surface area contributed by atoms with Crippen LogP contribution in [0.5, 0.6) is 0 Å². The molecule has 1 atom stereocenters. The summed E-state index contributed by atoms with van der Waals surface area (Å²) in [6.45, 7) is 4.72. The van der Waals surface area contributed by atoms with E-state index < -0.39 is 0 Å². The van der Waals surface area contributed by atoms with E-state index >= 15 is 0 Å². The molecule has 4 nitrogen and oxygen atoms in total. The number of carbonyl (C=O) groups excluding carboxylic acids is 1. The molecular weight excluding hydrogens is 270 g/mol. The lowest BCUT2D eigenvalue weighted by atomic mass is 10.1. The first-order valence-electron chi connectivity index (χ1n) is 5.60. The Bertz CT molecular complexity index is 414. The number of aryl methyl sites for hydroxylation is 1. The molecule has 1 unspecified atom stereocenters.